The van der Waals surface area contributed by atoms with Gasteiger partial charge in [0.25, 0.3) is 0 Å². The minimum Gasteiger partial charge on any atom is -0.478 e. The molecule has 7 heteroatoms. The molecule has 0 saturated heterocycles. The van der Waals surface area contributed by atoms with Crippen LogP contribution < -0.4 is 5.73 Å². The third kappa shape index (κ3) is 9.22. The zero-order chi connectivity index (χ0) is 14.1. The Bertz CT molecular complexity index is 323. The topological polar surface area (TPSA) is 107 Å². The Morgan fingerprint density at radius 2 is 1.83 bits per heavy atom. The van der Waals surface area contributed by atoms with Gasteiger partial charge in [-0.3, -0.25) is 0 Å². The van der Waals surface area contributed by atoms with Crippen LogP contribution in [-0.4, -0.2) is 58.3 Å². The summed E-state index contributed by atoms with van der Waals surface area (Å²) in [6, 6.07) is 0.260. The van der Waals surface area contributed by atoms with Gasteiger partial charge in [0.05, 0.1) is 6.67 Å². The van der Waals surface area contributed by atoms with Crippen molar-refractivity contribution in [2.24, 2.45) is 5.73 Å². The summed E-state index contributed by atoms with van der Waals surface area (Å²) < 4.78 is 0. The normalized spacial score (nSPS) is 15.5. The predicted octanol–water partition coefficient (Wildman–Crippen LogP) is -0.278. The van der Waals surface area contributed by atoms with E-state index in [9.17, 15) is 9.59 Å². The van der Waals surface area contributed by atoms with Crippen LogP contribution in [0.3, 0.4) is 0 Å². The molecular formula is C11H19N3O4. The molecule has 0 aromatic carbocycles. The molecule has 7 nitrogen and oxygen atoms in total. The molecule has 4 N–H and O–H groups in total. The quantitative estimate of drug-likeness (QED) is 0.594. The Morgan fingerprint density at radius 3 is 2.11 bits per heavy atom. The number of nitrogens with two attached hydrogens (primary N) is 1. The van der Waals surface area contributed by atoms with Crippen LogP contribution in [0.4, 0.5) is 0 Å². The molecule has 18 heavy (non-hydrogen) atoms. The van der Waals surface area contributed by atoms with Crippen LogP contribution in [0.2, 0.25) is 0 Å². The van der Waals surface area contributed by atoms with Gasteiger partial charge in [0, 0.05) is 44.2 Å². The van der Waals surface area contributed by atoms with Crippen molar-refractivity contribution >= 4 is 11.9 Å². The minimum atomic E-state index is -1.26. The Labute approximate surface area is 106 Å². The van der Waals surface area contributed by atoms with Crippen LogP contribution in [-0.2, 0) is 9.59 Å². The molecule has 0 bridgehead atoms. The molecule has 0 aromatic heterocycles. The fourth-order valence-corrected chi connectivity index (χ4v) is 1.22. The summed E-state index contributed by atoms with van der Waals surface area (Å²) >= 11 is 0. The highest BCUT2D eigenvalue weighted by atomic mass is 16.4. The van der Waals surface area contributed by atoms with Crippen molar-refractivity contribution in [2.45, 2.75) is 13.0 Å². The third-order valence-electron chi connectivity index (χ3n) is 1.83. The molecule has 0 fully saturated rings. The lowest BCUT2D eigenvalue weighted by atomic mass is 10.3. The number of hydrogen-bond acceptors (Lipinski definition) is 5. The maximum atomic E-state index is 9.55. The molecule has 1 rings (SSSR count). The largest absolute Gasteiger partial charge is 0.478 e. The minimum absolute atomic E-state index is 0.260. The standard InChI is InChI=1S/C7H15N3.C4H4O4/c1-7(8)5-10-4-3-9(2)6-10;5-3(6)1-2-4(7)8/h3-4,7H,5-6,8H2,1-2H3;1-2H,(H,5,6)(H,7,8)/b;2-1+. The number of nitrogens with zero attached hydrogens (tertiary/aromatic N) is 2. The van der Waals surface area contributed by atoms with E-state index in [0.717, 1.165) is 13.2 Å². The summed E-state index contributed by atoms with van der Waals surface area (Å²) in [4.78, 5) is 23.4. The maximum Gasteiger partial charge on any atom is 0.328 e. The van der Waals surface area contributed by atoms with E-state index in [4.69, 9.17) is 15.9 Å². The van der Waals surface area contributed by atoms with E-state index in [0.29, 0.717) is 12.2 Å². The molecule has 1 aliphatic rings. The summed E-state index contributed by atoms with van der Waals surface area (Å²) in [6.07, 6.45) is 5.25. The van der Waals surface area contributed by atoms with Crippen LogP contribution in [0.1, 0.15) is 6.92 Å². The second-order valence-corrected chi connectivity index (χ2v) is 3.95. The third-order valence-corrected chi connectivity index (χ3v) is 1.83. The molecule has 1 heterocycles. The van der Waals surface area contributed by atoms with E-state index in [1.807, 2.05) is 6.92 Å². The van der Waals surface area contributed by atoms with Gasteiger partial charge in [0.1, 0.15) is 0 Å². The molecule has 1 atom stereocenters. The lowest BCUT2D eigenvalue weighted by Crippen LogP contribution is -2.33. The molecule has 0 saturated carbocycles. The number of carboxylic acid groups (broad SMARTS) is 2. The zero-order valence-electron chi connectivity index (χ0n) is 10.5. The van der Waals surface area contributed by atoms with Gasteiger partial charge in [-0.2, -0.15) is 0 Å². The van der Waals surface area contributed by atoms with Gasteiger partial charge >= 0.3 is 11.9 Å². The monoisotopic (exact) mass is 257 g/mol. The second-order valence-electron chi connectivity index (χ2n) is 3.95. The van der Waals surface area contributed by atoms with Crippen LogP contribution >= 0.6 is 0 Å². The molecule has 0 aromatic rings. The average Bonchev–Trinajstić information content (AvgIpc) is 2.61. The highest BCUT2D eigenvalue weighted by Gasteiger charge is 2.08. The molecule has 1 aliphatic heterocycles. The Kier molecular flexibility index (Phi) is 7.22. The number of hydrogen-bond donors (Lipinski definition) is 3. The van der Waals surface area contributed by atoms with Crippen molar-refractivity contribution in [3.05, 3.63) is 24.6 Å². The predicted molar refractivity (Wildman–Crippen MR) is 66.5 cm³/mol. The van der Waals surface area contributed by atoms with E-state index in [2.05, 4.69) is 29.2 Å². The van der Waals surface area contributed by atoms with Gasteiger partial charge in [-0.25, -0.2) is 9.59 Å². The summed E-state index contributed by atoms with van der Waals surface area (Å²) in [5, 5.41) is 15.6. The summed E-state index contributed by atoms with van der Waals surface area (Å²) in [7, 11) is 2.05. The highest BCUT2D eigenvalue weighted by molar-refractivity contribution is 5.89. The van der Waals surface area contributed by atoms with Crippen LogP contribution in [0.15, 0.2) is 24.6 Å². The fourth-order valence-electron chi connectivity index (χ4n) is 1.22. The lowest BCUT2D eigenvalue weighted by Gasteiger charge is -2.19. The molecular weight excluding hydrogens is 238 g/mol. The van der Waals surface area contributed by atoms with Gasteiger partial charge in [-0.1, -0.05) is 0 Å². The Morgan fingerprint density at radius 1 is 1.33 bits per heavy atom. The van der Waals surface area contributed by atoms with Crippen molar-refractivity contribution in [3.8, 4) is 0 Å². The molecule has 1 unspecified atom stereocenters. The first-order valence-electron chi connectivity index (χ1n) is 5.33. The number of carbonyl (C=O) groups is 2. The first-order chi connectivity index (χ1) is 8.31. The van der Waals surface area contributed by atoms with E-state index >= 15 is 0 Å². The van der Waals surface area contributed by atoms with Crippen molar-refractivity contribution < 1.29 is 19.8 Å². The summed E-state index contributed by atoms with van der Waals surface area (Å²) in [5.41, 5.74) is 5.62. The van der Waals surface area contributed by atoms with Crippen LogP contribution in [0, 0.1) is 0 Å². The Balaban J connectivity index is 0.000000331. The van der Waals surface area contributed by atoms with E-state index < -0.39 is 11.9 Å². The smallest absolute Gasteiger partial charge is 0.328 e. The van der Waals surface area contributed by atoms with E-state index in [-0.39, 0.29) is 6.04 Å². The number of rotatable bonds is 4. The summed E-state index contributed by atoms with van der Waals surface area (Å²) in [5.74, 6) is -2.51. The van der Waals surface area contributed by atoms with E-state index in [1.165, 1.54) is 0 Å². The second kappa shape index (κ2) is 8.13. The van der Waals surface area contributed by atoms with Gasteiger partial charge in [0.15, 0.2) is 0 Å². The van der Waals surface area contributed by atoms with E-state index in [1.54, 1.807) is 0 Å². The van der Waals surface area contributed by atoms with Gasteiger partial charge in [0.2, 0.25) is 0 Å². The molecule has 0 radical (unpaired) electrons. The van der Waals surface area contributed by atoms with Crippen molar-refractivity contribution in [3.63, 3.8) is 0 Å². The van der Waals surface area contributed by atoms with Gasteiger partial charge in [-0.15, -0.1) is 0 Å². The van der Waals surface area contributed by atoms with Crippen molar-refractivity contribution in [2.75, 3.05) is 20.3 Å². The SMILES string of the molecule is CC(N)CN1C=CN(C)C1.O=C(O)/C=C/C(=O)O. The lowest BCUT2D eigenvalue weighted by molar-refractivity contribution is -0.134. The highest BCUT2D eigenvalue weighted by Crippen LogP contribution is 2.02. The molecule has 0 spiro atoms. The molecule has 0 amide bonds. The average molecular weight is 257 g/mol. The van der Waals surface area contributed by atoms with Crippen LogP contribution in [0.5, 0.6) is 0 Å². The zero-order valence-corrected chi connectivity index (χ0v) is 10.5. The molecule has 102 valence electrons. The maximum absolute atomic E-state index is 9.55. The first kappa shape index (κ1) is 16.0. The number of aliphatic carboxylic acids is 2. The fraction of sp³-hybridized carbons (Fsp3) is 0.455. The van der Waals surface area contributed by atoms with Gasteiger partial charge in [-0.05, 0) is 6.92 Å². The summed E-state index contributed by atoms with van der Waals surface area (Å²) in [6.45, 7) is 3.94. The van der Waals surface area contributed by atoms with Crippen molar-refractivity contribution in [1.29, 1.82) is 0 Å². The van der Waals surface area contributed by atoms with Crippen molar-refractivity contribution in [1.82, 2.24) is 9.80 Å². The molecule has 0 aliphatic carbocycles. The van der Waals surface area contributed by atoms with Crippen LogP contribution in [0.25, 0.3) is 0 Å². The number of carboxylic acids is 2. The first-order valence-corrected chi connectivity index (χ1v) is 5.33. The van der Waals surface area contributed by atoms with Gasteiger partial charge < -0.3 is 25.7 Å². The Hall–Kier alpha value is -2.02.